The van der Waals surface area contributed by atoms with Gasteiger partial charge in [0.05, 0.1) is 23.3 Å². The van der Waals surface area contributed by atoms with Crippen molar-refractivity contribution in [3.8, 4) is 0 Å². The van der Waals surface area contributed by atoms with E-state index in [1.54, 1.807) is 4.90 Å². The smallest absolute Gasteiger partial charge is 0.375 e. The van der Waals surface area contributed by atoms with Gasteiger partial charge in [-0.15, -0.1) is 0 Å². The molecule has 2 amide bonds. The minimum atomic E-state index is -4.96. The molecule has 2 aromatic carbocycles. The van der Waals surface area contributed by atoms with E-state index in [-0.39, 0.29) is 47.9 Å². The summed E-state index contributed by atoms with van der Waals surface area (Å²) < 4.78 is 91.8. The normalized spacial score (nSPS) is 24.0. The maximum atomic E-state index is 13.5. The van der Waals surface area contributed by atoms with Crippen LogP contribution >= 0.6 is 0 Å². The van der Waals surface area contributed by atoms with Crippen LogP contribution in [0.25, 0.3) is 0 Å². The third-order valence-electron chi connectivity index (χ3n) is 8.26. The SMILES string of the molecule is COCC(=O)NC1CCC(C(=O)N2CC[C@H](O[C@H](C)c3cc(C(F)(F)F)cc(C(F)(F)F)c3)[C@H](c3ccccc3)C2)CC1. The van der Waals surface area contributed by atoms with E-state index in [1.807, 2.05) is 30.3 Å². The highest BCUT2D eigenvalue weighted by atomic mass is 19.4. The number of carbonyl (C=O) groups is 2. The highest BCUT2D eigenvalue weighted by molar-refractivity contribution is 5.79. The summed E-state index contributed by atoms with van der Waals surface area (Å²) in [5, 5.41) is 2.92. The number of amides is 2. The van der Waals surface area contributed by atoms with Gasteiger partial charge in [-0.25, -0.2) is 0 Å². The third-order valence-corrected chi connectivity index (χ3v) is 8.26. The van der Waals surface area contributed by atoms with Gasteiger partial charge in [-0.2, -0.15) is 26.3 Å². The first-order chi connectivity index (χ1) is 20.3. The summed E-state index contributed by atoms with van der Waals surface area (Å²) >= 11 is 0. The molecule has 1 saturated heterocycles. The van der Waals surface area contributed by atoms with Crippen LogP contribution in [0, 0.1) is 5.92 Å². The molecule has 0 bridgehead atoms. The summed E-state index contributed by atoms with van der Waals surface area (Å²) in [6.07, 6.45) is -8.57. The zero-order chi connectivity index (χ0) is 31.4. The van der Waals surface area contributed by atoms with Crippen molar-refractivity contribution in [3.63, 3.8) is 0 Å². The number of halogens is 6. The molecule has 6 nitrogen and oxygen atoms in total. The minimum Gasteiger partial charge on any atom is -0.375 e. The Kier molecular flexibility index (Phi) is 10.4. The van der Waals surface area contributed by atoms with Crippen LogP contribution in [0.1, 0.15) is 73.3 Å². The Morgan fingerprint density at radius 3 is 2.09 bits per heavy atom. The number of alkyl halides is 6. The van der Waals surface area contributed by atoms with Gasteiger partial charge in [-0.1, -0.05) is 30.3 Å². The molecule has 1 aliphatic carbocycles. The molecule has 0 unspecified atom stereocenters. The van der Waals surface area contributed by atoms with E-state index in [2.05, 4.69) is 5.32 Å². The molecular weight excluding hydrogens is 578 g/mol. The van der Waals surface area contributed by atoms with Crippen LogP contribution in [0.3, 0.4) is 0 Å². The van der Waals surface area contributed by atoms with Crippen molar-refractivity contribution in [2.45, 2.75) is 75.5 Å². The number of likely N-dealkylation sites (tertiary alicyclic amines) is 1. The fourth-order valence-corrected chi connectivity index (χ4v) is 6.01. The Morgan fingerprint density at radius 2 is 1.53 bits per heavy atom. The first-order valence-corrected chi connectivity index (χ1v) is 14.3. The van der Waals surface area contributed by atoms with Crippen LogP contribution in [0.2, 0.25) is 0 Å². The van der Waals surface area contributed by atoms with Gasteiger partial charge in [0, 0.05) is 38.1 Å². The van der Waals surface area contributed by atoms with Gasteiger partial charge >= 0.3 is 12.4 Å². The predicted molar refractivity (Wildman–Crippen MR) is 146 cm³/mol. The van der Waals surface area contributed by atoms with Crippen molar-refractivity contribution in [1.29, 1.82) is 0 Å². The molecule has 1 N–H and O–H groups in total. The lowest BCUT2D eigenvalue weighted by atomic mass is 9.83. The monoisotopic (exact) mass is 614 g/mol. The number of nitrogens with zero attached hydrogens (tertiary/aromatic N) is 1. The van der Waals surface area contributed by atoms with Crippen molar-refractivity contribution in [2.75, 3.05) is 26.8 Å². The molecule has 2 aromatic rings. The molecule has 236 valence electrons. The molecule has 1 aliphatic heterocycles. The molecule has 1 saturated carbocycles. The maximum Gasteiger partial charge on any atom is 0.416 e. The second-order valence-electron chi connectivity index (χ2n) is 11.3. The quantitative estimate of drug-likeness (QED) is 0.345. The number of benzene rings is 2. The molecule has 0 radical (unpaired) electrons. The molecule has 0 spiro atoms. The number of hydrogen-bond acceptors (Lipinski definition) is 4. The summed E-state index contributed by atoms with van der Waals surface area (Å²) in [5.74, 6) is -0.728. The van der Waals surface area contributed by atoms with Gasteiger partial charge in [-0.3, -0.25) is 9.59 Å². The van der Waals surface area contributed by atoms with E-state index in [0.29, 0.717) is 57.3 Å². The van der Waals surface area contributed by atoms with Crippen molar-refractivity contribution >= 4 is 11.8 Å². The van der Waals surface area contributed by atoms with Crippen LogP contribution in [0.4, 0.5) is 26.3 Å². The van der Waals surface area contributed by atoms with E-state index in [1.165, 1.54) is 14.0 Å². The Bertz CT molecular complexity index is 1210. The van der Waals surface area contributed by atoms with Gasteiger partial charge in [-0.05, 0) is 68.4 Å². The summed E-state index contributed by atoms with van der Waals surface area (Å²) in [5.41, 5.74) is -2.13. The minimum absolute atomic E-state index is 0.00166. The van der Waals surface area contributed by atoms with E-state index in [4.69, 9.17) is 9.47 Å². The fraction of sp³-hybridized carbons (Fsp3) is 0.548. The second kappa shape index (κ2) is 13.7. The number of hydrogen-bond donors (Lipinski definition) is 1. The molecule has 43 heavy (non-hydrogen) atoms. The van der Waals surface area contributed by atoms with Crippen molar-refractivity contribution in [1.82, 2.24) is 10.2 Å². The Labute approximate surface area is 246 Å². The Balaban J connectivity index is 1.48. The largest absolute Gasteiger partial charge is 0.416 e. The first kappa shape index (κ1) is 32.8. The van der Waals surface area contributed by atoms with Crippen molar-refractivity contribution in [2.24, 2.45) is 5.92 Å². The lowest BCUT2D eigenvalue weighted by Crippen LogP contribution is -2.49. The lowest BCUT2D eigenvalue weighted by molar-refractivity contribution is -0.143. The van der Waals surface area contributed by atoms with Gasteiger partial charge in [0.25, 0.3) is 0 Å². The molecule has 12 heteroatoms. The third kappa shape index (κ3) is 8.50. The number of ether oxygens (including phenoxy) is 2. The summed E-state index contributed by atoms with van der Waals surface area (Å²) in [4.78, 5) is 27.2. The zero-order valence-corrected chi connectivity index (χ0v) is 24.0. The van der Waals surface area contributed by atoms with Gasteiger partial charge in [0.15, 0.2) is 0 Å². The number of piperidine rings is 1. The maximum absolute atomic E-state index is 13.5. The van der Waals surface area contributed by atoms with Gasteiger partial charge in [0.2, 0.25) is 11.8 Å². The van der Waals surface area contributed by atoms with Crippen molar-refractivity contribution < 1.29 is 45.4 Å². The lowest BCUT2D eigenvalue weighted by Gasteiger charge is -2.41. The molecule has 2 aliphatic rings. The number of methoxy groups -OCH3 is 1. The second-order valence-corrected chi connectivity index (χ2v) is 11.3. The average molecular weight is 615 g/mol. The topological polar surface area (TPSA) is 67.9 Å². The highest BCUT2D eigenvalue weighted by Crippen LogP contribution is 2.40. The number of nitrogens with one attached hydrogen (secondary N) is 1. The summed E-state index contributed by atoms with van der Waals surface area (Å²) in [6, 6.07) is 10.7. The summed E-state index contributed by atoms with van der Waals surface area (Å²) in [6.45, 7) is 2.08. The Morgan fingerprint density at radius 1 is 0.930 bits per heavy atom. The number of carbonyl (C=O) groups excluding carboxylic acids is 2. The average Bonchev–Trinajstić information content (AvgIpc) is 2.97. The Hall–Kier alpha value is -3.12. The van der Waals surface area contributed by atoms with Crippen LogP contribution in [-0.4, -0.2) is 55.7 Å². The van der Waals surface area contributed by atoms with Crippen LogP contribution < -0.4 is 5.32 Å². The highest BCUT2D eigenvalue weighted by Gasteiger charge is 2.40. The number of rotatable bonds is 8. The molecule has 0 aromatic heterocycles. The van der Waals surface area contributed by atoms with Crippen molar-refractivity contribution in [3.05, 3.63) is 70.8 Å². The standard InChI is InChI=1S/C31H36F6N2O4/c1-19(22-14-23(30(32,33)34)16-24(15-22)31(35,36)37)43-27-12-13-39(17-26(27)20-6-4-3-5-7-20)29(41)21-8-10-25(11-9-21)38-28(40)18-42-2/h3-7,14-16,19,21,25-27H,8-13,17-18H2,1-2H3,(H,38,40)/t19-,21?,25?,26+,27+/m1/s1. The molecule has 2 fully saturated rings. The molecule has 4 rings (SSSR count). The van der Waals surface area contributed by atoms with Crippen LogP contribution in [0.5, 0.6) is 0 Å². The summed E-state index contributed by atoms with van der Waals surface area (Å²) in [7, 11) is 1.45. The fourth-order valence-electron chi connectivity index (χ4n) is 6.01. The van der Waals surface area contributed by atoms with Gasteiger partial charge in [0.1, 0.15) is 6.61 Å². The van der Waals surface area contributed by atoms with Gasteiger partial charge < -0.3 is 19.7 Å². The first-order valence-electron chi connectivity index (χ1n) is 14.3. The zero-order valence-electron chi connectivity index (χ0n) is 24.0. The molecule has 3 atom stereocenters. The van der Waals surface area contributed by atoms with Crippen LogP contribution in [0.15, 0.2) is 48.5 Å². The molecule has 1 heterocycles. The van der Waals surface area contributed by atoms with E-state index < -0.39 is 35.7 Å². The van der Waals surface area contributed by atoms with E-state index in [9.17, 15) is 35.9 Å². The van der Waals surface area contributed by atoms with E-state index >= 15 is 0 Å². The molecular formula is C31H36F6N2O4. The van der Waals surface area contributed by atoms with Crippen LogP contribution in [-0.2, 0) is 31.4 Å². The predicted octanol–water partition coefficient (Wildman–Crippen LogP) is 6.51. The van der Waals surface area contributed by atoms with E-state index in [0.717, 1.165) is 5.56 Å².